The van der Waals surface area contributed by atoms with E-state index in [4.69, 9.17) is 4.42 Å². The molecule has 11 heteroatoms. The van der Waals surface area contributed by atoms with Gasteiger partial charge in [-0.15, -0.1) is 5.10 Å². The van der Waals surface area contributed by atoms with E-state index in [1.165, 1.54) is 30.3 Å². The van der Waals surface area contributed by atoms with Gasteiger partial charge in [0.2, 0.25) is 5.89 Å². The third kappa shape index (κ3) is 5.17. The molecule has 0 bridgehead atoms. The number of rotatable bonds is 7. The van der Waals surface area contributed by atoms with Gasteiger partial charge in [0, 0.05) is 6.26 Å². The van der Waals surface area contributed by atoms with Crippen molar-refractivity contribution in [2.45, 2.75) is 35.3 Å². The number of hydrogen-bond donors (Lipinski definition) is 1. The molecule has 3 aromatic rings. The molecule has 0 unspecified atom stereocenters. The number of aromatic nitrogens is 2. The summed E-state index contributed by atoms with van der Waals surface area (Å²) in [7, 11) is -6.95. The molecule has 1 aromatic heterocycles. The molecule has 0 fully saturated rings. The molecular weight excluding hydrogens is 442 g/mol. The third-order valence-electron chi connectivity index (χ3n) is 4.45. The van der Waals surface area contributed by atoms with Crippen molar-refractivity contribution in [2.24, 2.45) is 0 Å². The average molecular weight is 464 g/mol. The lowest BCUT2D eigenvalue weighted by molar-refractivity contribution is 0.102. The zero-order valence-electron chi connectivity index (χ0n) is 17.1. The molecule has 0 atom stereocenters. The van der Waals surface area contributed by atoms with Gasteiger partial charge in [0.05, 0.1) is 27.0 Å². The molecule has 1 amide bonds. The Morgan fingerprint density at radius 1 is 1.00 bits per heavy atom. The molecule has 0 aliphatic rings. The van der Waals surface area contributed by atoms with Gasteiger partial charge < -0.3 is 4.42 Å². The first-order valence-electron chi connectivity index (χ1n) is 9.24. The van der Waals surface area contributed by atoms with E-state index in [1.54, 1.807) is 32.0 Å². The number of hydrogen-bond acceptors (Lipinski definition) is 8. The summed E-state index contributed by atoms with van der Waals surface area (Å²) in [6, 6.07) is 12.0. The number of carbonyl (C=O) groups is 1. The zero-order chi connectivity index (χ0) is 22.8. The van der Waals surface area contributed by atoms with Gasteiger partial charge in [-0.3, -0.25) is 10.1 Å². The molecule has 1 N–H and O–H groups in total. The number of nitrogens with one attached hydrogen (secondary N) is 1. The fourth-order valence-corrected chi connectivity index (χ4v) is 4.71. The van der Waals surface area contributed by atoms with E-state index in [-0.39, 0.29) is 33.7 Å². The van der Waals surface area contributed by atoms with Gasteiger partial charge in [-0.05, 0) is 43.7 Å². The largest absolute Gasteiger partial charge is 0.407 e. The van der Waals surface area contributed by atoms with Crippen molar-refractivity contribution in [3.05, 3.63) is 65.5 Å². The minimum atomic E-state index is -3.60. The zero-order valence-corrected chi connectivity index (χ0v) is 18.7. The molecule has 1 heterocycles. The van der Waals surface area contributed by atoms with Crippen LogP contribution in [0.1, 0.15) is 35.7 Å². The topological polar surface area (TPSA) is 136 Å². The molecule has 31 heavy (non-hydrogen) atoms. The highest BCUT2D eigenvalue weighted by Crippen LogP contribution is 2.20. The number of sulfone groups is 2. The van der Waals surface area contributed by atoms with E-state index in [0.29, 0.717) is 0 Å². The molecular formula is C20H21N3O6S2. The first-order valence-corrected chi connectivity index (χ1v) is 12.7. The van der Waals surface area contributed by atoms with Crippen LogP contribution in [-0.2, 0) is 26.1 Å². The molecule has 3 rings (SSSR count). The first-order chi connectivity index (χ1) is 14.5. The summed E-state index contributed by atoms with van der Waals surface area (Å²) < 4.78 is 53.5. The Labute approximate surface area is 180 Å². The number of nitrogens with zero attached hydrogens (tertiary/aromatic N) is 2. The van der Waals surface area contributed by atoms with Crippen molar-refractivity contribution in [3.8, 4) is 0 Å². The van der Waals surface area contributed by atoms with Crippen LogP contribution in [0.5, 0.6) is 0 Å². The normalized spacial score (nSPS) is 12.1. The van der Waals surface area contributed by atoms with Crippen LogP contribution < -0.4 is 5.32 Å². The maximum Gasteiger partial charge on any atom is 0.322 e. The second-order valence-corrected chi connectivity index (χ2v) is 11.6. The quantitative estimate of drug-likeness (QED) is 0.564. The average Bonchev–Trinajstić information content (AvgIpc) is 3.14. The molecule has 9 nitrogen and oxygen atoms in total. The minimum absolute atomic E-state index is 0.0355. The van der Waals surface area contributed by atoms with Crippen molar-refractivity contribution >= 4 is 31.6 Å². The number of amides is 1. The molecule has 0 aliphatic heterocycles. The summed E-state index contributed by atoms with van der Waals surface area (Å²) in [5, 5.41) is 9.49. The monoisotopic (exact) mass is 463 g/mol. The van der Waals surface area contributed by atoms with Crippen molar-refractivity contribution in [2.75, 3.05) is 11.6 Å². The summed E-state index contributed by atoms with van der Waals surface area (Å²) in [5.74, 6) is -0.495. The Morgan fingerprint density at radius 2 is 1.65 bits per heavy atom. The lowest BCUT2D eigenvalue weighted by Gasteiger charge is -2.08. The van der Waals surface area contributed by atoms with Crippen molar-refractivity contribution in [1.29, 1.82) is 0 Å². The van der Waals surface area contributed by atoms with Crippen molar-refractivity contribution < 1.29 is 26.0 Å². The lowest BCUT2D eigenvalue weighted by atomic mass is 10.1. The number of carbonyl (C=O) groups excluding carboxylic acids is 1. The smallest absolute Gasteiger partial charge is 0.322 e. The van der Waals surface area contributed by atoms with Crippen LogP contribution >= 0.6 is 0 Å². The van der Waals surface area contributed by atoms with E-state index in [2.05, 4.69) is 15.5 Å². The summed E-state index contributed by atoms with van der Waals surface area (Å²) in [6.45, 7) is 3.23. The Kier molecular flexibility index (Phi) is 6.27. The van der Waals surface area contributed by atoms with Gasteiger partial charge in [-0.1, -0.05) is 29.4 Å². The second kappa shape index (κ2) is 8.60. The Bertz CT molecular complexity index is 1310. The number of benzene rings is 2. The molecule has 2 aromatic carbocycles. The molecule has 0 saturated heterocycles. The third-order valence-corrected chi connectivity index (χ3v) is 7.77. The van der Waals surface area contributed by atoms with Gasteiger partial charge in [-0.25, -0.2) is 16.8 Å². The van der Waals surface area contributed by atoms with Crippen molar-refractivity contribution in [3.63, 3.8) is 0 Å². The first kappa shape index (κ1) is 22.6. The summed E-state index contributed by atoms with van der Waals surface area (Å²) in [4.78, 5) is 12.6. The summed E-state index contributed by atoms with van der Waals surface area (Å²) >= 11 is 0. The van der Waals surface area contributed by atoms with Gasteiger partial charge in [0.15, 0.2) is 19.7 Å². The van der Waals surface area contributed by atoms with Crippen molar-refractivity contribution in [1.82, 2.24) is 10.2 Å². The maximum atomic E-state index is 12.5. The van der Waals surface area contributed by atoms with E-state index in [1.807, 2.05) is 0 Å². The summed E-state index contributed by atoms with van der Waals surface area (Å²) in [5.41, 5.74) is 0.707. The molecule has 164 valence electrons. The van der Waals surface area contributed by atoms with Crippen LogP contribution in [0.3, 0.4) is 0 Å². The van der Waals surface area contributed by atoms with Crippen LogP contribution in [-0.4, -0.2) is 44.4 Å². The minimum Gasteiger partial charge on any atom is -0.407 e. The molecule has 0 spiro atoms. The van der Waals surface area contributed by atoms with Gasteiger partial charge in [0.25, 0.3) is 5.91 Å². The highest BCUT2D eigenvalue weighted by atomic mass is 32.2. The van der Waals surface area contributed by atoms with E-state index in [0.717, 1.165) is 11.8 Å². The van der Waals surface area contributed by atoms with Crippen LogP contribution in [0.15, 0.2) is 62.7 Å². The fourth-order valence-electron chi connectivity index (χ4n) is 2.76. The van der Waals surface area contributed by atoms with Gasteiger partial charge >= 0.3 is 6.01 Å². The predicted octanol–water partition coefficient (Wildman–Crippen LogP) is 2.50. The maximum absolute atomic E-state index is 12.5. The Hall–Kier alpha value is -3.05. The molecule has 0 aliphatic carbocycles. The molecule has 0 radical (unpaired) electrons. The fraction of sp³-hybridized carbons (Fsp3) is 0.250. The predicted molar refractivity (Wildman–Crippen MR) is 113 cm³/mol. The van der Waals surface area contributed by atoms with E-state index >= 15 is 0 Å². The van der Waals surface area contributed by atoms with Crippen LogP contribution in [0.25, 0.3) is 0 Å². The Morgan fingerprint density at radius 3 is 2.26 bits per heavy atom. The Balaban J connectivity index is 1.73. The summed E-state index contributed by atoms with van der Waals surface area (Å²) in [6.07, 6.45) is 1.24. The highest BCUT2D eigenvalue weighted by Gasteiger charge is 2.21. The van der Waals surface area contributed by atoms with E-state index in [9.17, 15) is 21.6 Å². The standard InChI is InChI=1S/C20H21N3O6S2/c1-13(2)31(27,28)15-10-8-14(9-11-15)12-18-22-23-20(29-18)21-19(24)16-6-4-5-7-17(16)30(3,25)26/h4-11,13H,12H2,1-3H3,(H,21,23,24). The van der Waals surface area contributed by atoms with Crippen LogP contribution in [0.4, 0.5) is 6.01 Å². The van der Waals surface area contributed by atoms with E-state index < -0.39 is 30.8 Å². The van der Waals surface area contributed by atoms with Crippen LogP contribution in [0.2, 0.25) is 0 Å². The van der Waals surface area contributed by atoms with Gasteiger partial charge in [-0.2, -0.15) is 0 Å². The molecule has 0 saturated carbocycles. The SMILES string of the molecule is CC(C)S(=O)(=O)c1ccc(Cc2nnc(NC(=O)c3ccccc3S(C)(=O)=O)o2)cc1. The lowest BCUT2D eigenvalue weighted by Crippen LogP contribution is -2.16. The van der Waals surface area contributed by atoms with Crippen LogP contribution in [0, 0.1) is 0 Å². The van der Waals surface area contributed by atoms with Gasteiger partial charge in [0.1, 0.15) is 0 Å². The highest BCUT2D eigenvalue weighted by molar-refractivity contribution is 7.92. The second-order valence-electron chi connectivity index (χ2n) is 7.14. The number of anilines is 1.